The van der Waals surface area contributed by atoms with Crippen LogP contribution in [0.5, 0.6) is 0 Å². The van der Waals surface area contributed by atoms with E-state index < -0.39 is 21.0 Å². The molecule has 1 amide bonds. The molecule has 0 saturated heterocycles. The van der Waals surface area contributed by atoms with Crippen LogP contribution >= 0.6 is 0 Å². The van der Waals surface area contributed by atoms with Crippen molar-refractivity contribution in [3.05, 3.63) is 47.3 Å². The maximum absolute atomic E-state index is 12.3. The number of hydrogen-bond acceptors (Lipinski definition) is 5. The van der Waals surface area contributed by atoms with Gasteiger partial charge in [0.05, 0.1) is 11.4 Å². The van der Waals surface area contributed by atoms with E-state index in [1.807, 2.05) is 19.1 Å². The van der Waals surface area contributed by atoms with Gasteiger partial charge in [0.1, 0.15) is 11.0 Å². The van der Waals surface area contributed by atoms with Crippen LogP contribution in [0.2, 0.25) is 0 Å². The summed E-state index contributed by atoms with van der Waals surface area (Å²) in [5.41, 5.74) is 1.77. The number of para-hydroxylation sites is 1. The highest BCUT2D eigenvalue weighted by Crippen LogP contribution is 2.16. The zero-order valence-electron chi connectivity index (χ0n) is 12.7. The second-order valence-electron chi connectivity index (χ2n) is 5.18. The van der Waals surface area contributed by atoms with Gasteiger partial charge in [-0.1, -0.05) is 23.4 Å². The lowest BCUT2D eigenvalue weighted by Crippen LogP contribution is -2.33. The SMILES string of the molecule is Cc1cc(CS(=O)(=O)C(C)C(=O)Nc2ccccc2C)no1. The predicted octanol–water partition coefficient (Wildman–Crippen LogP) is 2.23. The molecule has 0 fully saturated rings. The molecule has 0 bridgehead atoms. The molecule has 2 rings (SSSR count). The zero-order valence-corrected chi connectivity index (χ0v) is 13.5. The van der Waals surface area contributed by atoms with Crippen LogP contribution in [0.3, 0.4) is 0 Å². The number of carbonyl (C=O) groups is 1. The van der Waals surface area contributed by atoms with Crippen LogP contribution in [0.4, 0.5) is 5.69 Å². The fourth-order valence-electron chi connectivity index (χ4n) is 1.93. The Hall–Kier alpha value is -2.15. The minimum atomic E-state index is -3.67. The number of nitrogens with one attached hydrogen (secondary N) is 1. The lowest BCUT2D eigenvalue weighted by Gasteiger charge is -2.13. The van der Waals surface area contributed by atoms with Crippen molar-refractivity contribution in [1.82, 2.24) is 5.16 Å². The number of nitrogens with zero attached hydrogens (tertiary/aromatic N) is 1. The van der Waals surface area contributed by atoms with Gasteiger partial charge in [-0.15, -0.1) is 0 Å². The number of hydrogen-bond donors (Lipinski definition) is 1. The standard InChI is InChI=1S/C15H18N2O4S/c1-10-6-4-5-7-14(10)16-15(18)12(3)22(19,20)9-13-8-11(2)21-17-13/h4-8,12H,9H2,1-3H3,(H,16,18). The summed E-state index contributed by atoms with van der Waals surface area (Å²) in [6, 6.07) is 8.74. The molecule has 1 atom stereocenters. The van der Waals surface area contributed by atoms with Crippen LogP contribution in [0, 0.1) is 13.8 Å². The minimum absolute atomic E-state index is 0.299. The molecule has 1 aromatic heterocycles. The number of anilines is 1. The van der Waals surface area contributed by atoms with E-state index in [0.29, 0.717) is 17.1 Å². The van der Waals surface area contributed by atoms with Gasteiger partial charge in [0.2, 0.25) is 5.91 Å². The summed E-state index contributed by atoms with van der Waals surface area (Å²) >= 11 is 0. The largest absolute Gasteiger partial charge is 0.361 e. The molecule has 1 unspecified atom stereocenters. The molecule has 118 valence electrons. The first-order chi connectivity index (χ1) is 10.3. The molecule has 7 heteroatoms. The first-order valence-corrected chi connectivity index (χ1v) is 8.51. The van der Waals surface area contributed by atoms with Gasteiger partial charge in [-0.2, -0.15) is 0 Å². The second kappa shape index (κ2) is 6.31. The summed E-state index contributed by atoms with van der Waals surface area (Å²) in [4.78, 5) is 12.2. The van der Waals surface area contributed by atoms with Crippen molar-refractivity contribution in [3.8, 4) is 0 Å². The van der Waals surface area contributed by atoms with Crippen molar-refractivity contribution in [1.29, 1.82) is 0 Å². The number of amides is 1. The number of rotatable bonds is 5. The van der Waals surface area contributed by atoms with Crippen molar-refractivity contribution >= 4 is 21.4 Å². The summed E-state index contributed by atoms with van der Waals surface area (Å²) in [5.74, 6) is -0.357. The maximum Gasteiger partial charge on any atom is 0.242 e. The quantitative estimate of drug-likeness (QED) is 0.912. The molecule has 1 aromatic carbocycles. The van der Waals surface area contributed by atoms with E-state index >= 15 is 0 Å². The molecule has 6 nitrogen and oxygen atoms in total. The third-order valence-electron chi connectivity index (χ3n) is 3.34. The van der Waals surface area contributed by atoms with Gasteiger partial charge >= 0.3 is 0 Å². The van der Waals surface area contributed by atoms with Gasteiger partial charge < -0.3 is 9.84 Å². The highest BCUT2D eigenvalue weighted by Gasteiger charge is 2.29. The molecular formula is C15H18N2O4S. The predicted molar refractivity (Wildman–Crippen MR) is 83.1 cm³/mol. The first kappa shape index (κ1) is 16.2. The van der Waals surface area contributed by atoms with Gasteiger partial charge in [0.15, 0.2) is 9.84 Å². The van der Waals surface area contributed by atoms with Crippen molar-refractivity contribution in [2.75, 3.05) is 5.32 Å². The van der Waals surface area contributed by atoms with Crippen LogP contribution in [0.25, 0.3) is 0 Å². The monoisotopic (exact) mass is 322 g/mol. The van der Waals surface area contributed by atoms with Gasteiger partial charge in [-0.25, -0.2) is 8.42 Å². The number of aryl methyl sites for hydroxylation is 2. The van der Waals surface area contributed by atoms with Crippen molar-refractivity contribution in [3.63, 3.8) is 0 Å². The number of aromatic nitrogens is 1. The molecule has 0 aliphatic heterocycles. The third-order valence-corrected chi connectivity index (χ3v) is 5.33. The summed E-state index contributed by atoms with van der Waals surface area (Å²) in [6.45, 7) is 4.89. The summed E-state index contributed by atoms with van der Waals surface area (Å²) in [6.07, 6.45) is 0. The van der Waals surface area contributed by atoms with E-state index in [2.05, 4.69) is 10.5 Å². The average Bonchev–Trinajstić information content (AvgIpc) is 2.85. The van der Waals surface area contributed by atoms with Gasteiger partial charge in [0.25, 0.3) is 0 Å². The summed E-state index contributed by atoms with van der Waals surface area (Å²) in [5, 5.41) is 5.12. The van der Waals surface area contributed by atoms with Crippen molar-refractivity contribution in [2.45, 2.75) is 31.8 Å². The van der Waals surface area contributed by atoms with E-state index in [9.17, 15) is 13.2 Å². The Balaban J connectivity index is 2.10. The Bertz CT molecular complexity index is 780. The van der Waals surface area contributed by atoms with Gasteiger partial charge in [-0.3, -0.25) is 4.79 Å². The molecule has 0 spiro atoms. The third kappa shape index (κ3) is 3.73. The lowest BCUT2D eigenvalue weighted by atomic mass is 10.2. The van der Waals surface area contributed by atoms with Crippen LogP contribution in [-0.2, 0) is 20.4 Å². The molecule has 1 N–H and O–H groups in total. The van der Waals surface area contributed by atoms with Crippen molar-refractivity contribution < 1.29 is 17.7 Å². The highest BCUT2D eigenvalue weighted by atomic mass is 32.2. The summed E-state index contributed by atoms with van der Waals surface area (Å²) in [7, 11) is -3.67. The average molecular weight is 322 g/mol. The fourth-order valence-corrected chi connectivity index (χ4v) is 3.11. The maximum atomic E-state index is 12.3. The lowest BCUT2D eigenvalue weighted by molar-refractivity contribution is -0.115. The Morgan fingerprint density at radius 2 is 2.00 bits per heavy atom. The number of sulfone groups is 1. The first-order valence-electron chi connectivity index (χ1n) is 6.80. The van der Waals surface area contributed by atoms with E-state index in [-0.39, 0.29) is 5.75 Å². The minimum Gasteiger partial charge on any atom is -0.361 e. The second-order valence-corrected chi connectivity index (χ2v) is 7.50. The summed E-state index contributed by atoms with van der Waals surface area (Å²) < 4.78 is 29.4. The Kier molecular flexibility index (Phi) is 4.65. The Labute approximate surface area is 129 Å². The van der Waals surface area contributed by atoms with Crippen LogP contribution in [0.15, 0.2) is 34.9 Å². The Morgan fingerprint density at radius 3 is 2.59 bits per heavy atom. The number of benzene rings is 1. The Morgan fingerprint density at radius 1 is 1.32 bits per heavy atom. The van der Waals surface area contributed by atoms with E-state index in [1.165, 1.54) is 6.92 Å². The molecule has 1 heterocycles. The van der Waals surface area contributed by atoms with Crippen molar-refractivity contribution in [2.24, 2.45) is 0 Å². The van der Waals surface area contributed by atoms with Gasteiger partial charge in [-0.05, 0) is 32.4 Å². The van der Waals surface area contributed by atoms with E-state index in [1.54, 1.807) is 25.1 Å². The normalized spacial score (nSPS) is 12.9. The molecule has 0 aliphatic rings. The number of carbonyl (C=O) groups excluding carboxylic acids is 1. The van der Waals surface area contributed by atoms with E-state index in [4.69, 9.17) is 4.52 Å². The molecule has 2 aromatic rings. The smallest absolute Gasteiger partial charge is 0.242 e. The molecule has 0 aliphatic carbocycles. The fraction of sp³-hybridized carbons (Fsp3) is 0.333. The van der Waals surface area contributed by atoms with Crippen LogP contribution in [-0.4, -0.2) is 24.7 Å². The molecular weight excluding hydrogens is 304 g/mol. The molecule has 0 saturated carbocycles. The molecule has 0 radical (unpaired) electrons. The van der Waals surface area contributed by atoms with Crippen LogP contribution < -0.4 is 5.32 Å². The van der Waals surface area contributed by atoms with Crippen LogP contribution in [0.1, 0.15) is 23.9 Å². The topological polar surface area (TPSA) is 89.3 Å². The van der Waals surface area contributed by atoms with E-state index in [0.717, 1.165) is 5.56 Å². The zero-order chi connectivity index (χ0) is 16.3. The molecule has 22 heavy (non-hydrogen) atoms. The highest BCUT2D eigenvalue weighted by molar-refractivity contribution is 7.92. The van der Waals surface area contributed by atoms with Gasteiger partial charge in [0, 0.05) is 11.8 Å².